The molecular weight excluding hydrogens is 289 g/mol. The molecule has 10 heteroatoms. The summed E-state index contributed by atoms with van der Waals surface area (Å²) >= 11 is 0. The fourth-order valence-electron chi connectivity index (χ4n) is 1.91. The molecule has 1 aromatic rings. The second kappa shape index (κ2) is 5.74. The predicted molar refractivity (Wildman–Crippen MR) is 64.8 cm³/mol. The zero-order valence-electron chi connectivity index (χ0n) is 12.4. The van der Waals surface area contributed by atoms with E-state index in [4.69, 9.17) is 7.48 Å². The highest BCUT2D eigenvalue weighted by atomic mass is 19.1. The first kappa shape index (κ1) is 12.7. The van der Waals surface area contributed by atoms with Gasteiger partial charge in [-0.05, 0) is 0 Å². The Morgan fingerprint density at radius 1 is 1.67 bits per heavy atom. The van der Waals surface area contributed by atoms with Crippen molar-refractivity contribution in [2.24, 2.45) is 0 Å². The van der Waals surface area contributed by atoms with Crippen LogP contribution in [0.1, 0.15) is 8.97 Å². The fraction of sp³-hybridized carbons (Fsp3) is 0.545. The van der Waals surface area contributed by atoms with Crippen molar-refractivity contribution >= 4 is 0 Å². The molecule has 0 aromatic carbocycles. The van der Waals surface area contributed by atoms with Crippen LogP contribution in [0.25, 0.3) is 0 Å². The summed E-state index contributed by atoms with van der Waals surface area (Å²) in [6.07, 6.45) is -5.29. The molecule has 1 unspecified atom stereocenters. The molecule has 9 nitrogen and oxygen atoms in total. The summed E-state index contributed by atoms with van der Waals surface area (Å²) in [6.45, 7) is -4.30. The minimum Gasteiger partial charge on any atom is -0.394 e. The Labute approximate surface area is 119 Å². The molecule has 1 aromatic heterocycles. The number of alkyl halides is 1. The van der Waals surface area contributed by atoms with E-state index in [-0.39, 0.29) is 0 Å². The lowest BCUT2D eigenvalue weighted by atomic mass is 9.94. The second-order valence-electron chi connectivity index (χ2n) is 4.13. The number of nitrogens with zero attached hydrogens (tertiary/aromatic N) is 2. The van der Waals surface area contributed by atoms with Crippen LogP contribution in [-0.2, 0) is 4.74 Å². The van der Waals surface area contributed by atoms with Crippen LogP contribution in [-0.4, -0.2) is 60.9 Å². The lowest BCUT2D eigenvalue weighted by Gasteiger charge is -2.26. The highest BCUT2D eigenvalue weighted by Crippen LogP contribution is 2.37. The molecule has 0 spiro atoms. The van der Waals surface area contributed by atoms with Gasteiger partial charge in [0.15, 0.2) is 11.8 Å². The molecule has 0 saturated carbocycles. The van der Waals surface area contributed by atoms with Gasteiger partial charge in [-0.25, -0.2) is 14.0 Å². The third-order valence-corrected chi connectivity index (χ3v) is 2.87. The molecule has 4 atom stereocenters. The number of rotatable bonds is 2. The van der Waals surface area contributed by atoms with Crippen LogP contribution in [0.15, 0.2) is 15.9 Å². The maximum atomic E-state index is 12.3. The Hall–Kier alpha value is -2.06. The number of aliphatic hydroxyl groups excluding tert-OH is 1. The summed E-state index contributed by atoms with van der Waals surface area (Å²) in [5.74, 6) is 3.79. The fourth-order valence-corrected chi connectivity index (χ4v) is 1.91. The van der Waals surface area contributed by atoms with E-state index in [0.29, 0.717) is 10.9 Å². The number of hydrogen-bond acceptors (Lipinski definition) is 7. The van der Waals surface area contributed by atoms with Gasteiger partial charge < -0.3 is 20.1 Å². The smallest absolute Gasteiger partial charge is 0.350 e. The highest BCUT2D eigenvalue weighted by Gasteiger charge is 2.55. The van der Waals surface area contributed by atoms with Gasteiger partial charge in [0, 0.05) is 0 Å². The summed E-state index contributed by atoms with van der Waals surface area (Å²) < 4.78 is 32.2. The zero-order chi connectivity index (χ0) is 17.4. The van der Waals surface area contributed by atoms with Gasteiger partial charge in [0.25, 0.3) is 0 Å². The first-order valence-corrected chi connectivity index (χ1v) is 5.63. The van der Waals surface area contributed by atoms with E-state index in [0.717, 1.165) is 0 Å². The van der Waals surface area contributed by atoms with Crippen molar-refractivity contribution in [1.29, 1.82) is 0 Å². The van der Waals surface area contributed by atoms with Crippen molar-refractivity contribution in [3.63, 3.8) is 0 Å². The van der Waals surface area contributed by atoms with Crippen molar-refractivity contribution in [2.75, 3.05) is 13.2 Å². The van der Waals surface area contributed by atoms with Gasteiger partial charge in [-0.1, -0.05) is 11.8 Å². The first-order valence-electron chi connectivity index (χ1n) is 6.63. The number of aliphatic hydroxyl groups is 3. The zero-order valence-corrected chi connectivity index (χ0v) is 10.4. The average Bonchev–Trinajstić information content (AvgIpc) is 2.70. The van der Waals surface area contributed by atoms with Crippen LogP contribution in [0, 0.1) is 11.8 Å². The molecule has 21 heavy (non-hydrogen) atoms. The molecule has 1 fully saturated rings. The molecule has 1 saturated heterocycles. The van der Waals surface area contributed by atoms with E-state index in [1.807, 2.05) is 11.8 Å². The minimum absolute atomic E-state index is 0.531. The third-order valence-electron chi connectivity index (χ3n) is 2.87. The van der Waals surface area contributed by atoms with E-state index < -0.39 is 48.6 Å². The van der Waals surface area contributed by atoms with Crippen molar-refractivity contribution in [3.05, 3.63) is 27.3 Å². The SMILES string of the molecule is [2H]C([2H])(O)[C@H]1O[C@@H](n2cnc(=O)[nH]c2=O)C(O)(C#CCF)[C@H]1O. The normalized spacial score (nSPS) is 33.8. The monoisotopic (exact) mass is 303 g/mol. The van der Waals surface area contributed by atoms with Crippen LogP contribution in [0.5, 0.6) is 0 Å². The Morgan fingerprint density at radius 3 is 2.95 bits per heavy atom. The topological polar surface area (TPSA) is 138 Å². The van der Waals surface area contributed by atoms with Gasteiger partial charge in [-0.2, -0.15) is 4.98 Å². The van der Waals surface area contributed by atoms with Crippen LogP contribution >= 0.6 is 0 Å². The number of nitrogens with one attached hydrogen (secondary N) is 1. The number of aromatic nitrogens is 3. The average molecular weight is 303 g/mol. The van der Waals surface area contributed by atoms with Gasteiger partial charge in [0.1, 0.15) is 25.2 Å². The van der Waals surface area contributed by atoms with E-state index in [1.165, 1.54) is 0 Å². The van der Waals surface area contributed by atoms with Gasteiger partial charge in [-0.15, -0.1) is 0 Å². The molecule has 2 heterocycles. The Morgan fingerprint density at radius 2 is 2.38 bits per heavy atom. The Bertz CT molecular complexity index is 766. The summed E-state index contributed by atoms with van der Waals surface area (Å²) in [5, 5.41) is 29.9. The Kier molecular flexibility index (Phi) is 3.46. The molecule has 0 aliphatic carbocycles. The van der Waals surface area contributed by atoms with E-state index in [9.17, 15) is 29.3 Å². The molecule has 2 rings (SSSR count). The van der Waals surface area contributed by atoms with Crippen molar-refractivity contribution in [2.45, 2.75) is 24.0 Å². The quantitative estimate of drug-likeness (QED) is 0.424. The Balaban J connectivity index is 2.59. The number of ether oxygens (including phenoxy) is 1. The third kappa shape index (κ3) is 2.59. The standard InChI is InChI=1S/C11H12FN3O6/c12-3-1-2-11(20)7(17)6(4-16)21-8(11)15-5-13-9(18)14-10(15)19/h5-8,16-17,20H,3-4H2,(H,14,18,19)/t6-,7+,8-,11?/m1/s1/i4D2. The molecule has 4 N–H and O–H groups in total. The highest BCUT2D eigenvalue weighted by molar-refractivity contribution is 5.22. The minimum atomic E-state index is -3.10. The molecule has 0 bridgehead atoms. The molecule has 0 radical (unpaired) electrons. The molecule has 0 amide bonds. The maximum Gasteiger partial charge on any atom is 0.350 e. The number of H-pyrrole nitrogens is 1. The van der Waals surface area contributed by atoms with Crippen LogP contribution in [0.4, 0.5) is 4.39 Å². The van der Waals surface area contributed by atoms with Gasteiger partial charge in [0.2, 0.25) is 0 Å². The summed E-state index contributed by atoms with van der Waals surface area (Å²) in [4.78, 5) is 27.7. The van der Waals surface area contributed by atoms with Gasteiger partial charge in [0.05, 0.1) is 9.30 Å². The second-order valence-corrected chi connectivity index (χ2v) is 4.13. The molecule has 1 aliphatic rings. The summed E-state index contributed by atoms with van der Waals surface area (Å²) in [5.41, 5.74) is -4.71. The number of aromatic amines is 1. The van der Waals surface area contributed by atoms with Gasteiger partial charge >= 0.3 is 11.4 Å². The van der Waals surface area contributed by atoms with E-state index in [1.54, 1.807) is 4.98 Å². The van der Waals surface area contributed by atoms with Crippen molar-refractivity contribution < 1.29 is 27.2 Å². The lowest BCUT2D eigenvalue weighted by molar-refractivity contribution is -0.0771. The molecule has 114 valence electrons. The van der Waals surface area contributed by atoms with Gasteiger partial charge in [-0.3, -0.25) is 9.55 Å². The van der Waals surface area contributed by atoms with E-state index in [2.05, 4.69) is 4.98 Å². The van der Waals surface area contributed by atoms with E-state index >= 15 is 0 Å². The maximum absolute atomic E-state index is 12.3. The lowest BCUT2D eigenvalue weighted by Crippen LogP contribution is -2.48. The molecule has 1 aliphatic heterocycles. The largest absolute Gasteiger partial charge is 0.394 e. The molecular formula is C11H12FN3O6. The predicted octanol–water partition coefficient (Wildman–Crippen LogP) is -3.11. The van der Waals surface area contributed by atoms with Crippen molar-refractivity contribution in [3.8, 4) is 11.8 Å². The summed E-state index contributed by atoms with van der Waals surface area (Å²) in [7, 11) is 0. The first-order chi connectivity index (χ1) is 10.6. The number of halogens is 1. The van der Waals surface area contributed by atoms with Crippen LogP contribution < -0.4 is 11.4 Å². The number of hydrogen-bond donors (Lipinski definition) is 4. The van der Waals surface area contributed by atoms with Crippen LogP contribution in [0.3, 0.4) is 0 Å². The summed E-state index contributed by atoms with van der Waals surface area (Å²) in [6, 6.07) is 0. The van der Waals surface area contributed by atoms with Crippen LogP contribution in [0.2, 0.25) is 0 Å². The van der Waals surface area contributed by atoms with Crippen molar-refractivity contribution in [1.82, 2.24) is 14.5 Å².